The van der Waals surface area contributed by atoms with E-state index in [1.165, 1.54) is 6.42 Å². The summed E-state index contributed by atoms with van der Waals surface area (Å²) in [7, 11) is 1.62. The Morgan fingerprint density at radius 3 is 2.41 bits per heavy atom. The fourth-order valence-electron chi connectivity index (χ4n) is 5.15. The largest absolute Gasteiger partial charge is 0.497 e. The van der Waals surface area contributed by atoms with Crippen LogP contribution in [0.2, 0.25) is 0 Å². The Balaban J connectivity index is 1.63. The number of hydrogen-bond acceptors (Lipinski definition) is 4. The first-order valence-corrected chi connectivity index (χ1v) is 13.9. The van der Waals surface area contributed by atoms with E-state index in [2.05, 4.69) is 5.32 Å². The average molecular weight is 529 g/mol. The zero-order valence-corrected chi connectivity index (χ0v) is 23.3. The molecule has 1 aliphatic carbocycles. The maximum absolute atomic E-state index is 13.9. The van der Waals surface area contributed by atoms with Crippen molar-refractivity contribution in [3.05, 3.63) is 95.1 Å². The van der Waals surface area contributed by atoms with Crippen LogP contribution in [0.1, 0.15) is 54.4 Å². The Kier molecular flexibility index (Phi) is 10.0. The molecule has 3 aromatic carbocycles. The van der Waals surface area contributed by atoms with Crippen molar-refractivity contribution >= 4 is 11.8 Å². The van der Waals surface area contributed by atoms with Crippen LogP contribution in [-0.2, 0) is 22.6 Å². The minimum atomic E-state index is -0.685. The molecule has 0 aromatic heterocycles. The second-order valence-electron chi connectivity index (χ2n) is 10.5. The molecule has 0 saturated heterocycles. The monoisotopic (exact) mass is 528 g/mol. The van der Waals surface area contributed by atoms with Gasteiger partial charge in [0.15, 0.2) is 6.61 Å². The maximum atomic E-state index is 13.9. The van der Waals surface area contributed by atoms with E-state index in [-0.39, 0.29) is 31.0 Å². The number of methoxy groups -OCH3 is 1. The summed E-state index contributed by atoms with van der Waals surface area (Å²) in [6, 6.07) is 22.9. The van der Waals surface area contributed by atoms with Gasteiger partial charge in [-0.2, -0.15) is 0 Å². The van der Waals surface area contributed by atoms with E-state index in [4.69, 9.17) is 9.47 Å². The second-order valence-corrected chi connectivity index (χ2v) is 10.5. The predicted octanol–water partition coefficient (Wildman–Crippen LogP) is 5.78. The van der Waals surface area contributed by atoms with Crippen molar-refractivity contribution in [2.45, 2.75) is 71.0 Å². The second kappa shape index (κ2) is 13.8. The molecule has 1 saturated carbocycles. The summed E-state index contributed by atoms with van der Waals surface area (Å²) in [5.74, 6) is 1.03. The summed E-state index contributed by atoms with van der Waals surface area (Å²) in [5, 5.41) is 3.27. The molecule has 6 nitrogen and oxygen atoms in total. The Morgan fingerprint density at radius 2 is 1.67 bits per heavy atom. The quantitative estimate of drug-likeness (QED) is 0.343. The molecule has 0 spiro atoms. The van der Waals surface area contributed by atoms with E-state index < -0.39 is 6.04 Å². The maximum Gasteiger partial charge on any atom is 0.261 e. The first-order valence-electron chi connectivity index (χ1n) is 13.9. The van der Waals surface area contributed by atoms with Gasteiger partial charge in [0, 0.05) is 19.0 Å². The number of nitrogens with one attached hydrogen (secondary N) is 1. The molecule has 0 radical (unpaired) electrons. The van der Waals surface area contributed by atoms with Crippen molar-refractivity contribution in [3.8, 4) is 11.5 Å². The number of hydrogen-bond donors (Lipinski definition) is 1. The molecule has 206 valence electrons. The molecule has 0 aliphatic heterocycles. The standard InChI is InChI=1S/C33H40N2O4/c1-24-17-18-25(2)31(19-24)39-23-32(36)35(22-27-13-10-16-29(20-27)38-3)30(21-26-11-6-4-7-12-26)33(37)34-28-14-8-5-9-15-28/h4,6-7,10-13,16-20,28,30H,5,8-9,14-15,21-23H2,1-3H3,(H,34,37)/t30-/m0/s1. The van der Waals surface area contributed by atoms with Crippen LogP contribution in [0.5, 0.6) is 11.5 Å². The molecule has 6 heteroatoms. The van der Waals surface area contributed by atoms with E-state index in [9.17, 15) is 9.59 Å². The van der Waals surface area contributed by atoms with Crippen LogP contribution in [0.3, 0.4) is 0 Å². The molecule has 3 aromatic rings. The minimum Gasteiger partial charge on any atom is -0.497 e. The van der Waals surface area contributed by atoms with Crippen LogP contribution in [0.4, 0.5) is 0 Å². The van der Waals surface area contributed by atoms with Crippen LogP contribution < -0.4 is 14.8 Å². The Morgan fingerprint density at radius 1 is 0.923 bits per heavy atom. The van der Waals surface area contributed by atoms with Gasteiger partial charge in [-0.05, 0) is 67.1 Å². The van der Waals surface area contributed by atoms with Gasteiger partial charge >= 0.3 is 0 Å². The average Bonchev–Trinajstić information content (AvgIpc) is 2.96. The third-order valence-electron chi connectivity index (χ3n) is 7.40. The van der Waals surface area contributed by atoms with Gasteiger partial charge in [-0.15, -0.1) is 0 Å². The lowest BCUT2D eigenvalue weighted by Gasteiger charge is -2.33. The fraction of sp³-hybridized carbons (Fsp3) is 0.394. The lowest BCUT2D eigenvalue weighted by molar-refractivity contribution is -0.143. The highest BCUT2D eigenvalue weighted by molar-refractivity contribution is 5.88. The number of benzene rings is 3. The number of rotatable bonds is 11. The minimum absolute atomic E-state index is 0.117. The van der Waals surface area contributed by atoms with Gasteiger partial charge in [-0.1, -0.05) is 73.9 Å². The number of aryl methyl sites for hydroxylation is 2. The zero-order valence-electron chi connectivity index (χ0n) is 23.3. The molecule has 1 aliphatic rings. The lowest BCUT2D eigenvalue weighted by atomic mass is 9.94. The van der Waals surface area contributed by atoms with Crippen molar-refractivity contribution in [3.63, 3.8) is 0 Å². The summed E-state index contributed by atoms with van der Waals surface area (Å²) in [6.07, 6.45) is 5.80. The van der Waals surface area contributed by atoms with Crippen molar-refractivity contribution < 1.29 is 19.1 Å². The SMILES string of the molecule is COc1cccc(CN(C(=O)COc2cc(C)ccc2C)[C@@H](Cc2ccccc2)C(=O)NC2CCCCC2)c1. The van der Waals surface area contributed by atoms with E-state index in [1.807, 2.05) is 86.6 Å². The molecule has 0 unspecified atom stereocenters. The molecular weight excluding hydrogens is 488 g/mol. The molecule has 1 N–H and O–H groups in total. The molecule has 4 rings (SSSR count). The van der Waals surface area contributed by atoms with E-state index >= 15 is 0 Å². The highest BCUT2D eigenvalue weighted by Crippen LogP contribution is 2.23. The zero-order chi connectivity index (χ0) is 27.6. The Bertz CT molecular complexity index is 1240. The van der Waals surface area contributed by atoms with E-state index in [0.29, 0.717) is 17.9 Å². The van der Waals surface area contributed by atoms with Crippen LogP contribution in [0, 0.1) is 13.8 Å². The summed E-state index contributed by atoms with van der Waals surface area (Å²) < 4.78 is 11.4. The predicted molar refractivity (Wildman–Crippen MR) is 154 cm³/mol. The van der Waals surface area contributed by atoms with Crippen molar-refractivity contribution in [2.75, 3.05) is 13.7 Å². The van der Waals surface area contributed by atoms with Gasteiger partial charge in [-0.3, -0.25) is 9.59 Å². The van der Waals surface area contributed by atoms with Gasteiger partial charge in [0.2, 0.25) is 5.91 Å². The number of carbonyl (C=O) groups excluding carboxylic acids is 2. The van der Waals surface area contributed by atoms with Gasteiger partial charge in [0.25, 0.3) is 5.91 Å². The Labute approximate surface area is 232 Å². The first-order chi connectivity index (χ1) is 18.9. The fourth-order valence-corrected chi connectivity index (χ4v) is 5.15. The lowest BCUT2D eigenvalue weighted by Crippen LogP contribution is -2.53. The molecule has 0 bridgehead atoms. The topological polar surface area (TPSA) is 67.9 Å². The Hall–Kier alpha value is -3.80. The normalized spacial score (nSPS) is 14.3. The third-order valence-corrected chi connectivity index (χ3v) is 7.40. The molecule has 0 heterocycles. The number of nitrogens with zero attached hydrogens (tertiary/aromatic N) is 1. The highest BCUT2D eigenvalue weighted by atomic mass is 16.5. The van der Waals surface area contributed by atoms with Crippen molar-refractivity contribution in [1.82, 2.24) is 10.2 Å². The smallest absolute Gasteiger partial charge is 0.261 e. The third kappa shape index (κ3) is 8.09. The van der Waals surface area contributed by atoms with Gasteiger partial charge in [-0.25, -0.2) is 0 Å². The van der Waals surface area contributed by atoms with Gasteiger partial charge in [0.1, 0.15) is 17.5 Å². The van der Waals surface area contributed by atoms with Gasteiger partial charge in [0.05, 0.1) is 7.11 Å². The van der Waals surface area contributed by atoms with Crippen LogP contribution in [-0.4, -0.2) is 42.5 Å². The van der Waals surface area contributed by atoms with Crippen molar-refractivity contribution in [2.24, 2.45) is 0 Å². The summed E-state index contributed by atoms with van der Waals surface area (Å²) in [5.41, 5.74) is 3.91. The molecular formula is C33H40N2O4. The van der Waals surface area contributed by atoms with Gasteiger partial charge < -0.3 is 19.7 Å². The van der Waals surface area contributed by atoms with Crippen LogP contribution in [0.15, 0.2) is 72.8 Å². The molecule has 2 amide bonds. The van der Waals surface area contributed by atoms with Crippen LogP contribution >= 0.6 is 0 Å². The number of carbonyl (C=O) groups is 2. The van der Waals surface area contributed by atoms with E-state index in [0.717, 1.165) is 47.9 Å². The number of amides is 2. The highest BCUT2D eigenvalue weighted by Gasteiger charge is 2.32. The van der Waals surface area contributed by atoms with Crippen LogP contribution in [0.25, 0.3) is 0 Å². The molecule has 39 heavy (non-hydrogen) atoms. The van der Waals surface area contributed by atoms with E-state index in [1.54, 1.807) is 12.0 Å². The molecule has 1 atom stereocenters. The molecule has 1 fully saturated rings. The van der Waals surface area contributed by atoms with Crippen molar-refractivity contribution in [1.29, 1.82) is 0 Å². The first kappa shape index (κ1) is 28.2. The summed E-state index contributed by atoms with van der Waals surface area (Å²) in [6.45, 7) is 4.07. The number of ether oxygens (including phenoxy) is 2. The summed E-state index contributed by atoms with van der Waals surface area (Å²) in [4.78, 5) is 29.4. The summed E-state index contributed by atoms with van der Waals surface area (Å²) >= 11 is 0.